The summed E-state index contributed by atoms with van der Waals surface area (Å²) >= 11 is 3.46. The lowest BCUT2D eigenvalue weighted by Crippen LogP contribution is -2.19. The van der Waals surface area contributed by atoms with Crippen molar-refractivity contribution in [3.63, 3.8) is 0 Å². The third-order valence-corrected chi connectivity index (χ3v) is 5.81. The summed E-state index contributed by atoms with van der Waals surface area (Å²) in [7, 11) is 0. The van der Waals surface area contributed by atoms with E-state index in [1.165, 1.54) is 103 Å². The second-order valence-electron chi connectivity index (χ2n) is 8.29. The summed E-state index contributed by atoms with van der Waals surface area (Å²) in [6, 6.07) is 0. The maximum Gasteiger partial charge on any atom is 0.157 e. The zero-order valence-electron chi connectivity index (χ0n) is 19.8. The van der Waals surface area contributed by atoms with E-state index in [0.717, 1.165) is 31.4 Å². The maximum atomic E-state index is 6.06. The molecule has 2 nitrogen and oxygen atoms in total. The molecule has 0 saturated heterocycles. The van der Waals surface area contributed by atoms with Gasteiger partial charge in [-0.2, -0.15) is 0 Å². The Bertz CT molecular complexity index is 306. The summed E-state index contributed by atoms with van der Waals surface area (Å²) in [6.07, 6.45) is 27.7. The van der Waals surface area contributed by atoms with E-state index in [1.54, 1.807) is 0 Å². The number of hydrogen-bond donors (Lipinski definition) is 0. The molecule has 0 heterocycles. The van der Waals surface area contributed by atoms with Crippen LogP contribution in [-0.2, 0) is 9.47 Å². The largest absolute Gasteiger partial charge is 0.353 e. The molecule has 174 valence electrons. The molecule has 0 spiro atoms. The first-order valence-electron chi connectivity index (χ1n) is 12.8. The monoisotopic (exact) mass is 474 g/mol. The van der Waals surface area contributed by atoms with Crippen LogP contribution in [-0.4, -0.2) is 24.8 Å². The molecule has 3 heteroatoms. The maximum absolute atomic E-state index is 6.06. The summed E-state index contributed by atoms with van der Waals surface area (Å²) in [5.74, 6) is 0. The molecule has 0 saturated carbocycles. The lowest BCUT2D eigenvalue weighted by Gasteiger charge is -2.19. The first kappa shape index (κ1) is 29.1. The Balaban J connectivity index is 3.68. The van der Waals surface area contributed by atoms with Crippen LogP contribution in [0.2, 0.25) is 0 Å². The molecule has 0 N–H and O–H groups in total. The van der Waals surface area contributed by atoms with Crippen LogP contribution in [0.5, 0.6) is 0 Å². The number of allylic oxidation sites excluding steroid dienone is 2. The van der Waals surface area contributed by atoms with Crippen LogP contribution in [0, 0.1) is 0 Å². The molecule has 0 fully saturated rings. The number of halogens is 1. The molecule has 0 atom stereocenters. The molecule has 0 radical (unpaired) electrons. The van der Waals surface area contributed by atoms with Crippen LogP contribution in [0.15, 0.2) is 12.2 Å². The minimum Gasteiger partial charge on any atom is -0.353 e. The summed E-state index contributed by atoms with van der Waals surface area (Å²) in [5, 5.41) is 1.08. The lowest BCUT2D eigenvalue weighted by atomic mass is 10.1. The molecule has 0 aliphatic rings. The Labute approximate surface area is 191 Å². The van der Waals surface area contributed by atoms with Gasteiger partial charge in [-0.1, -0.05) is 113 Å². The summed E-state index contributed by atoms with van der Waals surface area (Å²) in [4.78, 5) is 0. The van der Waals surface area contributed by atoms with E-state index in [4.69, 9.17) is 9.47 Å². The number of hydrogen-bond acceptors (Lipinski definition) is 2. The smallest absolute Gasteiger partial charge is 0.157 e. The predicted molar refractivity (Wildman–Crippen MR) is 133 cm³/mol. The molecule has 0 aromatic heterocycles. The second-order valence-corrected chi connectivity index (χ2v) is 9.09. The van der Waals surface area contributed by atoms with Crippen molar-refractivity contribution >= 4 is 15.9 Å². The number of unbranched alkanes of at least 4 members (excludes halogenated alkanes) is 13. The van der Waals surface area contributed by atoms with Crippen LogP contribution in [0.3, 0.4) is 0 Å². The predicted octanol–water partition coefficient (Wildman–Crippen LogP) is 9.36. The zero-order valence-corrected chi connectivity index (χ0v) is 21.4. The van der Waals surface area contributed by atoms with Crippen molar-refractivity contribution in [1.29, 1.82) is 0 Å². The highest BCUT2D eigenvalue weighted by atomic mass is 79.9. The molecular weight excluding hydrogens is 424 g/mol. The van der Waals surface area contributed by atoms with Gasteiger partial charge < -0.3 is 9.47 Å². The van der Waals surface area contributed by atoms with E-state index in [-0.39, 0.29) is 6.29 Å². The molecular formula is C26H51BrO2. The fourth-order valence-corrected chi connectivity index (χ4v) is 3.72. The Kier molecular flexibility index (Phi) is 26.3. The molecule has 0 bridgehead atoms. The first-order chi connectivity index (χ1) is 14.3. The van der Waals surface area contributed by atoms with E-state index >= 15 is 0 Å². The highest BCUT2D eigenvalue weighted by Gasteiger charge is 2.09. The van der Waals surface area contributed by atoms with Gasteiger partial charge in [-0.05, 0) is 44.9 Å². The molecule has 0 aromatic carbocycles. The summed E-state index contributed by atoms with van der Waals surface area (Å²) in [6.45, 7) is 6.24. The van der Waals surface area contributed by atoms with Gasteiger partial charge in [-0.25, -0.2) is 0 Å². The van der Waals surface area contributed by atoms with Crippen LogP contribution in [0.1, 0.15) is 129 Å². The van der Waals surface area contributed by atoms with Crippen molar-refractivity contribution in [2.45, 2.75) is 136 Å². The lowest BCUT2D eigenvalue weighted by molar-refractivity contribution is -0.148. The molecule has 0 aliphatic heterocycles. The van der Waals surface area contributed by atoms with E-state index < -0.39 is 0 Å². The van der Waals surface area contributed by atoms with E-state index in [0.29, 0.717) is 0 Å². The van der Waals surface area contributed by atoms with Crippen LogP contribution in [0.25, 0.3) is 0 Å². The van der Waals surface area contributed by atoms with Crippen LogP contribution < -0.4 is 0 Å². The average Bonchev–Trinajstić information content (AvgIpc) is 2.73. The Morgan fingerprint density at radius 2 is 1.07 bits per heavy atom. The third-order valence-electron chi connectivity index (χ3n) is 5.36. The highest BCUT2D eigenvalue weighted by molar-refractivity contribution is 9.09. The standard InChI is InChI=1S/C26H51BrO2/c1-3-5-7-20-24-28-26(29-25-21-8-6-4-2)22-18-16-14-12-10-9-11-13-15-17-19-23-27/h15,17,26H,3-14,16,18-25H2,1-2H3/b17-15+. The van der Waals surface area contributed by atoms with Crippen molar-refractivity contribution in [2.24, 2.45) is 0 Å². The highest BCUT2D eigenvalue weighted by Crippen LogP contribution is 2.14. The van der Waals surface area contributed by atoms with Crippen LogP contribution >= 0.6 is 15.9 Å². The summed E-state index contributed by atoms with van der Waals surface area (Å²) < 4.78 is 12.1. The summed E-state index contributed by atoms with van der Waals surface area (Å²) in [5.41, 5.74) is 0. The Morgan fingerprint density at radius 3 is 1.62 bits per heavy atom. The molecule has 0 unspecified atom stereocenters. The first-order valence-corrected chi connectivity index (χ1v) is 13.9. The zero-order chi connectivity index (χ0) is 21.3. The van der Waals surface area contributed by atoms with Gasteiger partial charge in [0.1, 0.15) is 0 Å². The van der Waals surface area contributed by atoms with E-state index in [1.807, 2.05) is 0 Å². The number of ether oxygens (including phenoxy) is 2. The van der Waals surface area contributed by atoms with Gasteiger partial charge in [-0.3, -0.25) is 0 Å². The molecule has 0 aromatic rings. The third kappa shape index (κ3) is 24.3. The normalized spacial score (nSPS) is 11.9. The Morgan fingerprint density at radius 1 is 0.586 bits per heavy atom. The fraction of sp³-hybridized carbons (Fsp3) is 0.923. The molecule has 0 amide bonds. The van der Waals surface area contributed by atoms with Crippen LogP contribution in [0.4, 0.5) is 0 Å². The minimum atomic E-state index is 0.0320. The van der Waals surface area contributed by atoms with Crippen molar-refractivity contribution in [3.05, 3.63) is 12.2 Å². The van der Waals surface area contributed by atoms with Gasteiger partial charge in [0, 0.05) is 18.5 Å². The number of alkyl halides is 1. The second kappa shape index (κ2) is 26.2. The average molecular weight is 476 g/mol. The van der Waals surface area contributed by atoms with Crippen molar-refractivity contribution in [3.8, 4) is 0 Å². The van der Waals surface area contributed by atoms with E-state index in [9.17, 15) is 0 Å². The van der Waals surface area contributed by atoms with Crippen molar-refractivity contribution in [1.82, 2.24) is 0 Å². The Hall–Kier alpha value is 0.140. The van der Waals surface area contributed by atoms with Gasteiger partial charge in [0.05, 0.1) is 0 Å². The quantitative estimate of drug-likeness (QED) is 0.0599. The van der Waals surface area contributed by atoms with Gasteiger partial charge in [-0.15, -0.1) is 0 Å². The van der Waals surface area contributed by atoms with E-state index in [2.05, 4.69) is 41.9 Å². The van der Waals surface area contributed by atoms with Crippen molar-refractivity contribution in [2.75, 3.05) is 18.5 Å². The van der Waals surface area contributed by atoms with Crippen molar-refractivity contribution < 1.29 is 9.47 Å². The van der Waals surface area contributed by atoms with Gasteiger partial charge in [0.25, 0.3) is 0 Å². The topological polar surface area (TPSA) is 18.5 Å². The number of rotatable bonds is 24. The molecule has 29 heavy (non-hydrogen) atoms. The van der Waals surface area contributed by atoms with Gasteiger partial charge in [0.2, 0.25) is 0 Å². The molecule has 0 rings (SSSR count). The minimum absolute atomic E-state index is 0.0320. The molecule has 0 aliphatic carbocycles. The SMILES string of the molecule is CCCCCCOC(CCCCCCCCC/C=C/CCBr)OCCCCCC. The fourth-order valence-electron chi connectivity index (χ4n) is 3.46. The van der Waals surface area contributed by atoms with Gasteiger partial charge in [0.15, 0.2) is 6.29 Å². The van der Waals surface area contributed by atoms with Gasteiger partial charge >= 0.3 is 0 Å².